The summed E-state index contributed by atoms with van der Waals surface area (Å²) >= 11 is 0. The molecule has 0 aliphatic carbocycles. The molecule has 0 radical (unpaired) electrons. The van der Waals surface area contributed by atoms with Crippen molar-refractivity contribution in [1.29, 1.82) is 0 Å². The molecule has 0 spiro atoms. The highest BCUT2D eigenvalue weighted by molar-refractivity contribution is 5.96. The Morgan fingerprint density at radius 2 is 1.71 bits per heavy atom. The number of hydrogen-bond donors (Lipinski definition) is 1. The zero-order valence-electron chi connectivity index (χ0n) is 15.0. The van der Waals surface area contributed by atoms with Crippen LogP contribution < -0.4 is 5.73 Å². The van der Waals surface area contributed by atoms with Crippen molar-refractivity contribution in [2.45, 2.75) is 77.4 Å². The van der Waals surface area contributed by atoms with E-state index in [1.165, 1.54) is 25.7 Å². The number of ketones is 1. The third-order valence-corrected chi connectivity index (χ3v) is 4.02. The molecule has 0 amide bonds. The third-order valence-electron chi connectivity index (χ3n) is 4.02. The lowest BCUT2D eigenvalue weighted by molar-refractivity contribution is -0.148. The minimum absolute atomic E-state index is 0.0418. The maximum absolute atomic E-state index is 12.1. The Kier molecular flexibility index (Phi) is 10.0. The van der Waals surface area contributed by atoms with Crippen LogP contribution in [0.2, 0.25) is 0 Å². The maximum atomic E-state index is 12.1. The van der Waals surface area contributed by atoms with Crippen LogP contribution in [0.3, 0.4) is 0 Å². The Morgan fingerprint density at radius 1 is 1.04 bits per heavy atom. The molecule has 0 heterocycles. The van der Waals surface area contributed by atoms with Gasteiger partial charge in [0.05, 0.1) is 12.5 Å². The van der Waals surface area contributed by atoms with Gasteiger partial charge in [0.15, 0.2) is 5.78 Å². The van der Waals surface area contributed by atoms with E-state index in [1.807, 2.05) is 25.1 Å². The molecule has 2 atom stereocenters. The molecule has 0 bridgehead atoms. The minimum Gasteiger partial charge on any atom is -0.463 e. The Bertz CT molecular complexity index is 487. The van der Waals surface area contributed by atoms with Gasteiger partial charge in [0.25, 0.3) is 0 Å². The smallest absolute Gasteiger partial charge is 0.307 e. The van der Waals surface area contributed by atoms with E-state index in [0.29, 0.717) is 5.56 Å². The highest BCUT2D eigenvalue weighted by Gasteiger charge is 2.17. The molecule has 1 rings (SSSR count). The molecule has 1 aromatic rings. The summed E-state index contributed by atoms with van der Waals surface area (Å²) in [5.41, 5.74) is 6.55. The van der Waals surface area contributed by atoms with Crippen molar-refractivity contribution in [2.75, 3.05) is 0 Å². The number of unbranched alkanes of at least 4 members (excludes halogenated alkanes) is 4. The van der Waals surface area contributed by atoms with Gasteiger partial charge in [-0.05, 0) is 19.8 Å². The lowest BCUT2D eigenvalue weighted by Gasteiger charge is -2.15. The second-order valence-corrected chi connectivity index (χ2v) is 6.46. The number of nitrogens with two attached hydrogens (primary N) is 1. The van der Waals surface area contributed by atoms with Gasteiger partial charge in [0.1, 0.15) is 0 Å². The average Bonchev–Trinajstić information content (AvgIpc) is 2.55. The topological polar surface area (TPSA) is 69.4 Å². The van der Waals surface area contributed by atoms with Gasteiger partial charge in [-0.3, -0.25) is 9.59 Å². The van der Waals surface area contributed by atoms with E-state index in [0.717, 1.165) is 12.8 Å². The number of hydrogen-bond acceptors (Lipinski definition) is 4. The van der Waals surface area contributed by atoms with Crippen molar-refractivity contribution in [3.8, 4) is 0 Å². The lowest BCUT2D eigenvalue weighted by atomic mass is 10.0. The van der Waals surface area contributed by atoms with Crippen LogP contribution in [0, 0.1) is 0 Å². The number of esters is 1. The fourth-order valence-electron chi connectivity index (χ4n) is 2.63. The Balaban J connectivity index is 2.22. The van der Waals surface area contributed by atoms with Crippen molar-refractivity contribution in [2.24, 2.45) is 5.73 Å². The van der Waals surface area contributed by atoms with Gasteiger partial charge in [-0.15, -0.1) is 0 Å². The van der Waals surface area contributed by atoms with Crippen LogP contribution in [0.1, 0.15) is 75.6 Å². The predicted octanol–water partition coefficient (Wildman–Crippen LogP) is 4.27. The molecule has 0 aromatic heterocycles. The normalized spacial score (nSPS) is 13.3. The molecule has 4 heteroatoms. The summed E-state index contributed by atoms with van der Waals surface area (Å²) in [5, 5.41) is 0. The van der Waals surface area contributed by atoms with Gasteiger partial charge in [-0.25, -0.2) is 0 Å². The van der Waals surface area contributed by atoms with Gasteiger partial charge in [-0.1, -0.05) is 62.9 Å². The Labute approximate surface area is 145 Å². The maximum Gasteiger partial charge on any atom is 0.307 e. The number of ether oxygens (including phenoxy) is 1. The van der Waals surface area contributed by atoms with E-state index >= 15 is 0 Å². The average molecular weight is 333 g/mol. The van der Waals surface area contributed by atoms with Gasteiger partial charge in [0.2, 0.25) is 0 Å². The van der Waals surface area contributed by atoms with Gasteiger partial charge < -0.3 is 10.5 Å². The van der Waals surface area contributed by atoms with Crippen molar-refractivity contribution in [1.82, 2.24) is 0 Å². The fourth-order valence-corrected chi connectivity index (χ4v) is 2.63. The highest BCUT2D eigenvalue weighted by atomic mass is 16.5. The zero-order chi connectivity index (χ0) is 17.8. The summed E-state index contributed by atoms with van der Waals surface area (Å²) in [6.45, 7) is 4.11. The molecule has 4 nitrogen and oxygen atoms in total. The molecule has 0 saturated carbocycles. The monoisotopic (exact) mass is 333 g/mol. The fraction of sp³-hybridized carbons (Fsp3) is 0.600. The summed E-state index contributed by atoms with van der Waals surface area (Å²) in [6, 6.07) is 8.51. The first kappa shape index (κ1) is 20.4. The van der Waals surface area contributed by atoms with Gasteiger partial charge in [0, 0.05) is 18.0 Å². The van der Waals surface area contributed by atoms with E-state index in [-0.39, 0.29) is 30.7 Å². The second-order valence-electron chi connectivity index (χ2n) is 6.46. The largest absolute Gasteiger partial charge is 0.463 e. The van der Waals surface area contributed by atoms with Crippen LogP contribution >= 0.6 is 0 Å². The zero-order valence-corrected chi connectivity index (χ0v) is 15.0. The van der Waals surface area contributed by atoms with Crippen LogP contribution in [0.15, 0.2) is 30.3 Å². The van der Waals surface area contributed by atoms with Crippen LogP contribution in [-0.4, -0.2) is 23.9 Å². The molecule has 0 fully saturated rings. The van der Waals surface area contributed by atoms with Crippen LogP contribution in [0.4, 0.5) is 0 Å². The van der Waals surface area contributed by atoms with Crippen molar-refractivity contribution in [3.05, 3.63) is 35.9 Å². The van der Waals surface area contributed by atoms with E-state index < -0.39 is 6.04 Å². The van der Waals surface area contributed by atoms with Crippen LogP contribution in [0.5, 0.6) is 0 Å². The number of benzene rings is 1. The standard InChI is InChI=1S/C20H31NO3/c1-3-4-5-6-8-11-16(2)24-20(23)15-18(21)14-19(22)17-12-9-7-10-13-17/h7,9-10,12-13,16,18H,3-6,8,11,14-15,21H2,1-2H3. The Morgan fingerprint density at radius 3 is 2.38 bits per heavy atom. The minimum atomic E-state index is -0.498. The van der Waals surface area contributed by atoms with Crippen LogP contribution in [0.25, 0.3) is 0 Å². The molecular formula is C20H31NO3. The van der Waals surface area contributed by atoms with Crippen molar-refractivity contribution in [3.63, 3.8) is 0 Å². The summed E-state index contributed by atoms with van der Waals surface area (Å²) in [7, 11) is 0. The summed E-state index contributed by atoms with van der Waals surface area (Å²) < 4.78 is 5.38. The SMILES string of the molecule is CCCCCCCC(C)OC(=O)CC(N)CC(=O)c1ccccc1. The van der Waals surface area contributed by atoms with Crippen LogP contribution in [-0.2, 0) is 9.53 Å². The first-order chi connectivity index (χ1) is 11.5. The van der Waals surface area contributed by atoms with E-state index in [9.17, 15) is 9.59 Å². The summed E-state index contributed by atoms with van der Waals surface area (Å²) in [4.78, 5) is 24.0. The first-order valence-electron chi connectivity index (χ1n) is 9.06. The Hall–Kier alpha value is -1.68. The molecule has 0 aliphatic rings. The molecule has 0 saturated heterocycles. The molecule has 0 aliphatic heterocycles. The van der Waals surface area contributed by atoms with Crippen molar-refractivity contribution >= 4 is 11.8 Å². The number of Topliss-reactive ketones (excluding diaryl/α,β-unsaturated/α-hetero) is 1. The van der Waals surface area contributed by atoms with Gasteiger partial charge >= 0.3 is 5.97 Å². The van der Waals surface area contributed by atoms with E-state index in [2.05, 4.69) is 6.92 Å². The van der Waals surface area contributed by atoms with E-state index in [1.54, 1.807) is 12.1 Å². The third kappa shape index (κ3) is 8.82. The molecule has 134 valence electrons. The molecule has 2 N–H and O–H groups in total. The molecule has 2 unspecified atom stereocenters. The van der Waals surface area contributed by atoms with Crippen molar-refractivity contribution < 1.29 is 14.3 Å². The molecule has 1 aromatic carbocycles. The highest BCUT2D eigenvalue weighted by Crippen LogP contribution is 2.11. The molecule has 24 heavy (non-hydrogen) atoms. The first-order valence-corrected chi connectivity index (χ1v) is 9.06. The number of carbonyl (C=O) groups excluding carboxylic acids is 2. The number of rotatable bonds is 12. The predicted molar refractivity (Wildman–Crippen MR) is 96.9 cm³/mol. The van der Waals surface area contributed by atoms with E-state index in [4.69, 9.17) is 10.5 Å². The molecular weight excluding hydrogens is 302 g/mol. The van der Waals surface area contributed by atoms with Gasteiger partial charge in [-0.2, -0.15) is 0 Å². The lowest BCUT2D eigenvalue weighted by Crippen LogP contribution is -2.29. The second kappa shape index (κ2) is 11.8. The summed E-state index contributed by atoms with van der Waals surface area (Å²) in [5.74, 6) is -0.357. The quantitative estimate of drug-likeness (QED) is 0.352. The number of carbonyl (C=O) groups is 2. The summed E-state index contributed by atoms with van der Waals surface area (Å²) in [6.07, 6.45) is 7.02.